The molecule has 0 unspecified atom stereocenters. The molecule has 16 heavy (non-hydrogen) atoms. The Bertz CT molecular complexity index is 410. The van der Waals surface area contributed by atoms with E-state index < -0.39 is 11.9 Å². The zero-order valence-corrected chi connectivity index (χ0v) is 8.69. The Balaban J connectivity index is 1.91. The van der Waals surface area contributed by atoms with E-state index in [2.05, 4.69) is 10.6 Å². The van der Waals surface area contributed by atoms with Gasteiger partial charge in [0.1, 0.15) is 0 Å². The van der Waals surface area contributed by atoms with Gasteiger partial charge in [0.05, 0.1) is 0 Å². The smallest absolute Gasteiger partial charge is 0.321 e. The van der Waals surface area contributed by atoms with Crippen LogP contribution in [-0.2, 0) is 0 Å². The number of hydrogen-bond donors (Lipinski definition) is 3. The van der Waals surface area contributed by atoms with Gasteiger partial charge >= 0.3 is 6.03 Å². The van der Waals surface area contributed by atoms with Gasteiger partial charge < -0.3 is 11.1 Å². The predicted octanol–water partition coefficient (Wildman–Crippen LogP) is 0.871. The molecule has 5 heteroatoms. The van der Waals surface area contributed by atoms with Crippen molar-refractivity contribution in [2.45, 2.75) is 18.9 Å². The number of benzene rings is 1. The van der Waals surface area contributed by atoms with Gasteiger partial charge in [-0.1, -0.05) is 0 Å². The topological polar surface area (TPSA) is 84.2 Å². The summed E-state index contributed by atoms with van der Waals surface area (Å²) in [5.41, 5.74) is 6.49. The fourth-order valence-corrected chi connectivity index (χ4v) is 1.26. The van der Waals surface area contributed by atoms with Crippen LogP contribution in [0.25, 0.3) is 0 Å². The van der Waals surface area contributed by atoms with Gasteiger partial charge in [-0.3, -0.25) is 10.1 Å². The molecule has 5 nitrogen and oxygen atoms in total. The maximum atomic E-state index is 11.6. The van der Waals surface area contributed by atoms with Crippen molar-refractivity contribution in [2.24, 2.45) is 0 Å². The van der Waals surface area contributed by atoms with Crippen LogP contribution in [0.15, 0.2) is 24.3 Å². The molecule has 84 valence electrons. The number of nitrogens with two attached hydrogens (primary N) is 1. The lowest BCUT2D eigenvalue weighted by Gasteiger charge is -2.05. The number of carbonyl (C=O) groups excluding carboxylic acids is 2. The average molecular weight is 219 g/mol. The van der Waals surface area contributed by atoms with Gasteiger partial charge in [0.25, 0.3) is 5.91 Å². The number of amides is 3. The summed E-state index contributed by atoms with van der Waals surface area (Å²) in [7, 11) is 0. The molecule has 1 fully saturated rings. The van der Waals surface area contributed by atoms with Crippen LogP contribution in [0, 0.1) is 0 Å². The molecule has 1 aromatic rings. The summed E-state index contributed by atoms with van der Waals surface area (Å²) >= 11 is 0. The lowest BCUT2D eigenvalue weighted by molar-refractivity contribution is 0.0964. The Hall–Kier alpha value is -2.04. The summed E-state index contributed by atoms with van der Waals surface area (Å²) in [6.07, 6.45) is 1.98. The number of anilines is 1. The van der Waals surface area contributed by atoms with Crippen molar-refractivity contribution in [3.63, 3.8) is 0 Å². The highest BCUT2D eigenvalue weighted by atomic mass is 16.2. The molecular formula is C11H13N3O2. The number of rotatable bonds is 2. The first-order valence-electron chi connectivity index (χ1n) is 5.12. The lowest BCUT2D eigenvalue weighted by atomic mass is 10.2. The third-order valence-corrected chi connectivity index (χ3v) is 2.31. The first-order chi connectivity index (χ1) is 7.65. The maximum absolute atomic E-state index is 11.6. The molecule has 0 radical (unpaired) electrons. The third kappa shape index (κ3) is 2.73. The zero-order chi connectivity index (χ0) is 11.5. The number of hydrogen-bond acceptors (Lipinski definition) is 3. The molecule has 2 rings (SSSR count). The van der Waals surface area contributed by atoms with Crippen molar-refractivity contribution in [3.8, 4) is 0 Å². The summed E-state index contributed by atoms with van der Waals surface area (Å²) in [5.74, 6) is -0.418. The maximum Gasteiger partial charge on any atom is 0.321 e. The largest absolute Gasteiger partial charge is 0.399 e. The molecule has 0 heterocycles. The molecule has 0 spiro atoms. The number of nitrogens with one attached hydrogen (secondary N) is 2. The second-order valence-electron chi connectivity index (χ2n) is 3.82. The van der Waals surface area contributed by atoms with E-state index in [0.29, 0.717) is 11.3 Å². The molecule has 1 aliphatic rings. The minimum Gasteiger partial charge on any atom is -0.399 e. The number of urea groups is 1. The van der Waals surface area contributed by atoms with Crippen molar-refractivity contribution in [2.75, 3.05) is 5.73 Å². The normalized spacial score (nSPS) is 14.2. The second kappa shape index (κ2) is 4.22. The van der Waals surface area contributed by atoms with E-state index in [1.165, 1.54) is 0 Å². The highest BCUT2D eigenvalue weighted by molar-refractivity contribution is 6.04. The molecule has 1 saturated carbocycles. The van der Waals surface area contributed by atoms with Crippen LogP contribution >= 0.6 is 0 Å². The average Bonchev–Trinajstić information content (AvgIpc) is 3.02. The Morgan fingerprint density at radius 3 is 2.38 bits per heavy atom. The van der Waals surface area contributed by atoms with E-state index in [9.17, 15) is 9.59 Å². The molecule has 4 N–H and O–H groups in total. The van der Waals surface area contributed by atoms with E-state index in [4.69, 9.17) is 5.73 Å². The standard InChI is InChI=1S/C11H13N3O2/c12-8-3-1-7(2-4-8)10(15)14-11(16)13-9-5-6-9/h1-4,9H,5-6,12H2,(H2,13,14,15,16). The van der Waals surface area contributed by atoms with Crippen LogP contribution < -0.4 is 16.4 Å². The van der Waals surface area contributed by atoms with Gasteiger partial charge in [0.2, 0.25) is 0 Å². The minimum atomic E-state index is -0.440. The molecule has 0 atom stereocenters. The summed E-state index contributed by atoms with van der Waals surface area (Å²) in [6, 6.07) is 6.19. The number of nitrogen functional groups attached to an aromatic ring is 1. The monoisotopic (exact) mass is 219 g/mol. The molecule has 0 bridgehead atoms. The first-order valence-corrected chi connectivity index (χ1v) is 5.12. The molecule has 1 aromatic carbocycles. The van der Waals surface area contributed by atoms with Crippen LogP contribution in [0.4, 0.5) is 10.5 Å². The lowest BCUT2D eigenvalue weighted by Crippen LogP contribution is -2.40. The van der Waals surface area contributed by atoms with Crippen LogP contribution in [-0.4, -0.2) is 18.0 Å². The number of imide groups is 1. The van der Waals surface area contributed by atoms with Crippen molar-refractivity contribution >= 4 is 17.6 Å². The van der Waals surface area contributed by atoms with Crippen molar-refractivity contribution in [1.82, 2.24) is 10.6 Å². The number of carbonyl (C=O) groups is 2. The fourth-order valence-electron chi connectivity index (χ4n) is 1.26. The summed E-state index contributed by atoms with van der Waals surface area (Å²) in [6.45, 7) is 0. The Kier molecular flexibility index (Phi) is 2.76. The van der Waals surface area contributed by atoms with E-state index in [-0.39, 0.29) is 6.04 Å². The summed E-state index contributed by atoms with van der Waals surface area (Å²) in [4.78, 5) is 22.8. The van der Waals surface area contributed by atoms with E-state index in [1.54, 1.807) is 24.3 Å². The summed E-state index contributed by atoms with van der Waals surface area (Å²) in [5, 5.41) is 4.93. The molecule has 3 amide bonds. The second-order valence-corrected chi connectivity index (χ2v) is 3.82. The fraction of sp³-hybridized carbons (Fsp3) is 0.273. The van der Waals surface area contributed by atoms with Gasteiger partial charge in [-0.05, 0) is 37.1 Å². The highest BCUT2D eigenvalue weighted by Gasteiger charge is 2.23. The van der Waals surface area contributed by atoms with Crippen molar-refractivity contribution in [1.29, 1.82) is 0 Å². The quantitative estimate of drug-likeness (QED) is 0.645. The predicted molar refractivity (Wildman–Crippen MR) is 59.9 cm³/mol. The molecular weight excluding hydrogens is 206 g/mol. The van der Waals surface area contributed by atoms with Crippen molar-refractivity contribution in [3.05, 3.63) is 29.8 Å². The van der Waals surface area contributed by atoms with Crippen LogP contribution in [0.2, 0.25) is 0 Å². The van der Waals surface area contributed by atoms with E-state index in [0.717, 1.165) is 12.8 Å². The Morgan fingerprint density at radius 2 is 1.81 bits per heavy atom. The van der Waals surface area contributed by atoms with Gasteiger partial charge in [0.15, 0.2) is 0 Å². The highest BCUT2D eigenvalue weighted by Crippen LogP contribution is 2.18. The first kappa shape index (κ1) is 10.5. The minimum absolute atomic E-state index is 0.235. The van der Waals surface area contributed by atoms with Crippen LogP contribution in [0.5, 0.6) is 0 Å². The molecule has 1 aliphatic carbocycles. The van der Waals surface area contributed by atoms with Gasteiger partial charge in [-0.15, -0.1) is 0 Å². The zero-order valence-electron chi connectivity index (χ0n) is 8.69. The Morgan fingerprint density at radius 1 is 1.19 bits per heavy atom. The van der Waals surface area contributed by atoms with Crippen molar-refractivity contribution < 1.29 is 9.59 Å². The molecule has 0 aromatic heterocycles. The Labute approximate surface area is 93.0 Å². The van der Waals surface area contributed by atoms with Gasteiger partial charge in [-0.2, -0.15) is 0 Å². The SMILES string of the molecule is Nc1ccc(C(=O)NC(=O)NC2CC2)cc1. The van der Waals surface area contributed by atoms with E-state index >= 15 is 0 Å². The van der Waals surface area contributed by atoms with E-state index in [1.807, 2.05) is 0 Å². The molecule has 0 saturated heterocycles. The van der Waals surface area contributed by atoms with Crippen LogP contribution in [0.3, 0.4) is 0 Å². The van der Waals surface area contributed by atoms with Crippen LogP contribution in [0.1, 0.15) is 23.2 Å². The van der Waals surface area contributed by atoms with Gasteiger partial charge in [0, 0.05) is 17.3 Å². The third-order valence-electron chi connectivity index (χ3n) is 2.31. The molecule has 0 aliphatic heterocycles. The summed E-state index contributed by atoms with van der Waals surface area (Å²) < 4.78 is 0. The van der Waals surface area contributed by atoms with Gasteiger partial charge in [-0.25, -0.2) is 4.79 Å².